The van der Waals surface area contributed by atoms with Gasteiger partial charge in [0.25, 0.3) is 0 Å². The summed E-state index contributed by atoms with van der Waals surface area (Å²) in [7, 11) is 0. The number of nitrogens with zero attached hydrogens (tertiary/aromatic N) is 1. The largest absolute Gasteiger partial charge is 0.339 e. The van der Waals surface area contributed by atoms with Crippen molar-refractivity contribution in [1.82, 2.24) is 4.90 Å². The zero-order valence-electron chi connectivity index (χ0n) is 8.04. The summed E-state index contributed by atoms with van der Waals surface area (Å²) in [6.07, 6.45) is 7.55. The van der Waals surface area contributed by atoms with Crippen LogP contribution in [0.2, 0.25) is 0 Å². The summed E-state index contributed by atoms with van der Waals surface area (Å²) >= 11 is 0. The molecule has 2 saturated carbocycles. The van der Waals surface area contributed by atoms with Crippen molar-refractivity contribution in [2.75, 3.05) is 6.54 Å². The molecule has 2 aliphatic carbocycles. The summed E-state index contributed by atoms with van der Waals surface area (Å²) < 4.78 is 0. The highest BCUT2D eigenvalue weighted by Gasteiger charge is 2.42. The van der Waals surface area contributed by atoms with Crippen LogP contribution in [-0.2, 0) is 4.79 Å². The molecule has 1 heterocycles. The number of rotatable bonds is 1. The molecule has 3 rings (SSSR count). The fourth-order valence-corrected chi connectivity index (χ4v) is 3.08. The van der Waals surface area contributed by atoms with E-state index in [1.54, 1.807) is 0 Å². The van der Waals surface area contributed by atoms with Gasteiger partial charge in [-0.05, 0) is 38.0 Å². The summed E-state index contributed by atoms with van der Waals surface area (Å²) in [6.45, 7) is 1.08. The van der Waals surface area contributed by atoms with Crippen molar-refractivity contribution in [2.24, 2.45) is 11.8 Å². The van der Waals surface area contributed by atoms with E-state index in [1.165, 1.54) is 25.7 Å². The molecule has 2 nitrogen and oxygen atoms in total. The van der Waals surface area contributed by atoms with Crippen molar-refractivity contribution in [2.45, 2.75) is 44.6 Å². The summed E-state index contributed by atoms with van der Waals surface area (Å²) in [5.41, 5.74) is 0. The van der Waals surface area contributed by atoms with Crippen LogP contribution in [0.25, 0.3) is 0 Å². The van der Waals surface area contributed by atoms with Crippen molar-refractivity contribution < 1.29 is 4.79 Å². The van der Waals surface area contributed by atoms with Gasteiger partial charge in [-0.3, -0.25) is 4.79 Å². The first-order chi connectivity index (χ1) is 6.34. The average molecular weight is 179 g/mol. The van der Waals surface area contributed by atoms with E-state index >= 15 is 0 Å². The smallest absolute Gasteiger partial charge is 0.225 e. The van der Waals surface area contributed by atoms with E-state index in [0.717, 1.165) is 25.3 Å². The second-order valence-corrected chi connectivity index (χ2v) is 4.95. The maximum absolute atomic E-state index is 11.9. The number of carbonyl (C=O) groups is 1. The summed E-state index contributed by atoms with van der Waals surface area (Å²) in [5, 5.41) is 0. The third-order valence-corrected chi connectivity index (χ3v) is 4.15. The molecule has 0 spiro atoms. The Bertz CT molecular complexity index is 234. The van der Waals surface area contributed by atoms with Crippen LogP contribution in [0.1, 0.15) is 38.5 Å². The number of carbonyl (C=O) groups excluding carboxylic acids is 1. The Morgan fingerprint density at radius 2 is 2.00 bits per heavy atom. The van der Waals surface area contributed by atoms with Crippen molar-refractivity contribution in [3.8, 4) is 0 Å². The van der Waals surface area contributed by atoms with Crippen LogP contribution in [-0.4, -0.2) is 23.4 Å². The van der Waals surface area contributed by atoms with Crippen LogP contribution in [0.3, 0.4) is 0 Å². The first kappa shape index (κ1) is 7.84. The maximum atomic E-state index is 11.9. The van der Waals surface area contributed by atoms with E-state index in [9.17, 15) is 4.79 Å². The Morgan fingerprint density at radius 3 is 2.46 bits per heavy atom. The first-order valence-electron chi connectivity index (χ1n) is 5.65. The lowest BCUT2D eigenvalue weighted by atomic mass is 9.84. The second kappa shape index (κ2) is 2.73. The van der Waals surface area contributed by atoms with E-state index in [-0.39, 0.29) is 0 Å². The molecule has 1 aliphatic heterocycles. The van der Waals surface area contributed by atoms with Crippen LogP contribution < -0.4 is 0 Å². The van der Waals surface area contributed by atoms with Gasteiger partial charge in [0.05, 0.1) is 0 Å². The molecule has 2 bridgehead atoms. The van der Waals surface area contributed by atoms with Gasteiger partial charge in [0.1, 0.15) is 0 Å². The zero-order chi connectivity index (χ0) is 8.84. The Hall–Kier alpha value is -0.530. The summed E-state index contributed by atoms with van der Waals surface area (Å²) in [4.78, 5) is 14.1. The number of hydrogen-bond donors (Lipinski definition) is 0. The van der Waals surface area contributed by atoms with Crippen molar-refractivity contribution in [1.29, 1.82) is 0 Å². The molecule has 0 radical (unpaired) electrons. The van der Waals surface area contributed by atoms with E-state index < -0.39 is 0 Å². The normalized spacial score (nSPS) is 38.0. The molecule has 3 aliphatic rings. The minimum absolute atomic E-state index is 0.416. The average Bonchev–Trinajstić information content (AvgIpc) is 2.59. The predicted octanol–water partition coefficient (Wildman–Crippen LogP) is 1.80. The first-order valence-corrected chi connectivity index (χ1v) is 5.65. The Kier molecular flexibility index (Phi) is 1.64. The number of fused-ring (bicyclic) bond motifs is 2. The summed E-state index contributed by atoms with van der Waals surface area (Å²) in [6, 6.07) is 0.637. The van der Waals surface area contributed by atoms with Gasteiger partial charge < -0.3 is 4.90 Å². The summed E-state index contributed by atoms with van der Waals surface area (Å²) in [5.74, 6) is 1.76. The molecule has 13 heavy (non-hydrogen) atoms. The standard InChI is InChI=1S/C11H17NO/c13-11(9-2-1-3-9)12-7-8-4-5-10(12)6-8/h8-10H,1-7H2. The van der Waals surface area contributed by atoms with Crippen molar-refractivity contribution in [3.63, 3.8) is 0 Å². The maximum Gasteiger partial charge on any atom is 0.225 e. The minimum atomic E-state index is 0.416. The van der Waals surface area contributed by atoms with E-state index in [2.05, 4.69) is 4.90 Å². The second-order valence-electron chi connectivity index (χ2n) is 4.95. The van der Waals surface area contributed by atoms with Gasteiger partial charge in [-0.2, -0.15) is 0 Å². The lowest BCUT2D eigenvalue weighted by Crippen LogP contribution is -2.43. The highest BCUT2D eigenvalue weighted by molar-refractivity contribution is 5.80. The minimum Gasteiger partial charge on any atom is -0.339 e. The Labute approximate surface area is 79.3 Å². The van der Waals surface area contributed by atoms with E-state index in [4.69, 9.17) is 0 Å². The van der Waals surface area contributed by atoms with Gasteiger partial charge in [-0.1, -0.05) is 6.42 Å². The SMILES string of the molecule is O=C(C1CCC1)N1CC2CCC1C2. The third kappa shape index (κ3) is 1.11. The fraction of sp³-hybridized carbons (Fsp3) is 0.909. The molecule has 2 atom stereocenters. The molecule has 1 amide bonds. The molecule has 1 saturated heterocycles. The molecule has 0 aromatic rings. The predicted molar refractivity (Wildman–Crippen MR) is 50.2 cm³/mol. The lowest BCUT2D eigenvalue weighted by molar-refractivity contribution is -0.139. The zero-order valence-corrected chi connectivity index (χ0v) is 8.04. The molecular weight excluding hydrogens is 162 g/mol. The Balaban J connectivity index is 1.68. The van der Waals surface area contributed by atoms with Crippen LogP contribution in [0, 0.1) is 11.8 Å². The highest BCUT2D eigenvalue weighted by atomic mass is 16.2. The molecule has 0 aromatic heterocycles. The van der Waals surface area contributed by atoms with Gasteiger partial charge in [0, 0.05) is 18.5 Å². The van der Waals surface area contributed by atoms with Gasteiger partial charge in [-0.15, -0.1) is 0 Å². The number of amides is 1. The molecule has 0 N–H and O–H groups in total. The number of likely N-dealkylation sites (tertiary alicyclic amines) is 1. The van der Waals surface area contributed by atoms with E-state index in [0.29, 0.717) is 17.9 Å². The topological polar surface area (TPSA) is 20.3 Å². The highest BCUT2D eigenvalue weighted by Crippen LogP contribution is 2.40. The van der Waals surface area contributed by atoms with Gasteiger partial charge in [-0.25, -0.2) is 0 Å². The number of hydrogen-bond acceptors (Lipinski definition) is 1. The Morgan fingerprint density at radius 1 is 1.15 bits per heavy atom. The number of piperidine rings is 1. The third-order valence-electron chi connectivity index (χ3n) is 4.15. The van der Waals surface area contributed by atoms with Crippen LogP contribution in [0.5, 0.6) is 0 Å². The monoisotopic (exact) mass is 179 g/mol. The van der Waals surface area contributed by atoms with Crippen LogP contribution >= 0.6 is 0 Å². The molecular formula is C11H17NO. The molecule has 3 fully saturated rings. The quantitative estimate of drug-likeness (QED) is 0.601. The van der Waals surface area contributed by atoms with E-state index in [1.807, 2.05) is 0 Å². The van der Waals surface area contributed by atoms with Gasteiger partial charge in [0.2, 0.25) is 5.91 Å². The fourth-order valence-electron chi connectivity index (χ4n) is 3.08. The lowest BCUT2D eigenvalue weighted by Gasteiger charge is -2.34. The van der Waals surface area contributed by atoms with Crippen LogP contribution in [0.4, 0.5) is 0 Å². The molecule has 2 heteroatoms. The van der Waals surface area contributed by atoms with Gasteiger partial charge in [0.15, 0.2) is 0 Å². The van der Waals surface area contributed by atoms with Gasteiger partial charge >= 0.3 is 0 Å². The molecule has 72 valence electrons. The molecule has 0 aromatic carbocycles. The van der Waals surface area contributed by atoms with Crippen molar-refractivity contribution in [3.05, 3.63) is 0 Å². The van der Waals surface area contributed by atoms with Crippen LogP contribution in [0.15, 0.2) is 0 Å². The molecule has 2 unspecified atom stereocenters. The van der Waals surface area contributed by atoms with Crippen molar-refractivity contribution >= 4 is 5.91 Å².